The number of carbonyl (C=O) groups is 2. The molecule has 0 aromatic rings. The molecule has 6 heteroatoms. The third kappa shape index (κ3) is 6.21. The molecule has 108 valence electrons. The van der Waals surface area contributed by atoms with Crippen molar-refractivity contribution in [2.24, 2.45) is 5.73 Å². The van der Waals surface area contributed by atoms with Gasteiger partial charge in [0.15, 0.2) is 0 Å². The number of likely N-dealkylation sites (N-methyl/N-ethyl adjacent to an activating group) is 1. The number of nitrogens with two attached hydrogens (primary N) is 1. The van der Waals surface area contributed by atoms with Gasteiger partial charge in [-0.1, -0.05) is 13.3 Å². The summed E-state index contributed by atoms with van der Waals surface area (Å²) in [6.07, 6.45) is 1.70. The third-order valence-electron chi connectivity index (χ3n) is 2.74. The maximum absolute atomic E-state index is 12.1. The average Bonchev–Trinajstić information content (AvgIpc) is 2.29. The lowest BCUT2D eigenvalue weighted by atomic mass is 9.95. The van der Waals surface area contributed by atoms with Crippen LogP contribution in [0.3, 0.4) is 0 Å². The number of carbonyl (C=O) groups excluding carboxylic acids is 2. The van der Waals surface area contributed by atoms with Crippen LogP contribution in [0.15, 0.2) is 0 Å². The Morgan fingerprint density at radius 2 is 1.89 bits per heavy atom. The van der Waals surface area contributed by atoms with Crippen LogP contribution in [-0.4, -0.2) is 42.5 Å². The normalized spacial score (nSPS) is 13.2. The van der Waals surface area contributed by atoms with Crippen LogP contribution in [-0.2, 0) is 14.3 Å². The van der Waals surface area contributed by atoms with Crippen molar-refractivity contribution in [3.8, 4) is 0 Å². The van der Waals surface area contributed by atoms with Gasteiger partial charge in [-0.25, -0.2) is 0 Å². The molecule has 0 bridgehead atoms. The molecule has 2 N–H and O–H groups in total. The predicted molar refractivity (Wildman–Crippen MR) is 73.6 cm³/mol. The topological polar surface area (TPSA) is 72.6 Å². The fraction of sp³-hybridized carbons (Fsp3) is 0.833. The van der Waals surface area contributed by atoms with Crippen molar-refractivity contribution in [2.45, 2.75) is 45.6 Å². The van der Waals surface area contributed by atoms with Gasteiger partial charge in [-0.15, -0.1) is 12.4 Å². The van der Waals surface area contributed by atoms with E-state index in [1.54, 1.807) is 11.8 Å². The molecule has 1 atom stereocenters. The Morgan fingerprint density at radius 3 is 2.28 bits per heavy atom. The van der Waals surface area contributed by atoms with Gasteiger partial charge in [0, 0.05) is 13.1 Å². The third-order valence-corrected chi connectivity index (χ3v) is 2.74. The Bertz CT molecular complexity index is 270. The number of esters is 1. The highest BCUT2D eigenvalue weighted by molar-refractivity contribution is 5.86. The molecular weight excluding hydrogens is 256 g/mol. The van der Waals surface area contributed by atoms with Crippen molar-refractivity contribution in [3.63, 3.8) is 0 Å². The maximum Gasteiger partial charge on any atom is 0.307 e. The Balaban J connectivity index is 0. The van der Waals surface area contributed by atoms with Crippen LogP contribution in [0.4, 0.5) is 0 Å². The minimum absolute atomic E-state index is 0. The molecule has 5 nitrogen and oxygen atoms in total. The van der Waals surface area contributed by atoms with Crippen molar-refractivity contribution < 1.29 is 14.3 Å². The van der Waals surface area contributed by atoms with E-state index in [1.165, 1.54) is 7.11 Å². The van der Waals surface area contributed by atoms with Gasteiger partial charge in [0.25, 0.3) is 0 Å². The first-order valence-corrected chi connectivity index (χ1v) is 6.04. The highest BCUT2D eigenvalue weighted by Gasteiger charge is 2.31. The van der Waals surface area contributed by atoms with Crippen LogP contribution in [0.5, 0.6) is 0 Å². The van der Waals surface area contributed by atoms with Gasteiger partial charge in [0.05, 0.1) is 19.1 Å². The van der Waals surface area contributed by atoms with Gasteiger partial charge in [0.2, 0.25) is 5.91 Å². The number of amides is 1. The molecule has 0 radical (unpaired) electrons. The van der Waals surface area contributed by atoms with Crippen molar-refractivity contribution in [3.05, 3.63) is 0 Å². The van der Waals surface area contributed by atoms with E-state index in [2.05, 4.69) is 4.74 Å². The lowest BCUT2D eigenvalue weighted by Gasteiger charge is -2.30. The van der Waals surface area contributed by atoms with Gasteiger partial charge in [-0.05, 0) is 20.3 Å². The lowest BCUT2D eigenvalue weighted by Crippen LogP contribution is -2.53. The predicted octanol–water partition coefficient (Wildman–Crippen LogP) is 1.34. The van der Waals surface area contributed by atoms with E-state index in [1.807, 2.05) is 13.8 Å². The number of nitrogens with zero attached hydrogens (tertiary/aromatic N) is 1. The first-order chi connectivity index (χ1) is 7.88. The molecule has 0 aromatic carbocycles. The highest BCUT2D eigenvalue weighted by Crippen LogP contribution is 2.13. The molecular formula is C12H25ClN2O3. The molecule has 0 aliphatic carbocycles. The van der Waals surface area contributed by atoms with Crippen LogP contribution < -0.4 is 5.73 Å². The van der Waals surface area contributed by atoms with Crippen molar-refractivity contribution in [1.29, 1.82) is 0 Å². The fourth-order valence-corrected chi connectivity index (χ4v) is 1.72. The molecule has 0 spiro atoms. The summed E-state index contributed by atoms with van der Waals surface area (Å²) in [5.41, 5.74) is 5.13. The van der Waals surface area contributed by atoms with E-state index in [0.717, 1.165) is 6.42 Å². The summed E-state index contributed by atoms with van der Waals surface area (Å²) in [7, 11) is 1.34. The van der Waals surface area contributed by atoms with E-state index in [9.17, 15) is 9.59 Å². The number of ether oxygens (including phenoxy) is 1. The van der Waals surface area contributed by atoms with E-state index >= 15 is 0 Å². The zero-order valence-electron chi connectivity index (χ0n) is 11.7. The molecule has 0 saturated carbocycles. The second kappa shape index (κ2) is 9.16. The van der Waals surface area contributed by atoms with Crippen LogP contribution in [0.2, 0.25) is 0 Å². The number of methoxy groups -OCH3 is 1. The molecule has 1 unspecified atom stereocenters. The zero-order chi connectivity index (χ0) is 13.5. The summed E-state index contributed by atoms with van der Waals surface area (Å²) in [4.78, 5) is 24.8. The van der Waals surface area contributed by atoms with Gasteiger partial charge in [0.1, 0.15) is 0 Å². The van der Waals surface area contributed by atoms with Gasteiger partial charge in [-0.3, -0.25) is 9.59 Å². The molecule has 0 aliphatic rings. The standard InChI is InChI=1S/C12H24N2O3.ClH/c1-5-8-12(3,13)11(16)14(6-2)9-7-10(15)17-4;/h5-9,13H2,1-4H3;1H. The van der Waals surface area contributed by atoms with E-state index < -0.39 is 5.54 Å². The Kier molecular flexibility index (Phi) is 9.94. The quantitative estimate of drug-likeness (QED) is 0.714. The molecule has 18 heavy (non-hydrogen) atoms. The maximum atomic E-state index is 12.1. The lowest BCUT2D eigenvalue weighted by molar-refractivity contribution is -0.142. The SMILES string of the molecule is CCCC(C)(N)C(=O)N(CC)CCC(=O)OC.Cl. The monoisotopic (exact) mass is 280 g/mol. The van der Waals surface area contributed by atoms with E-state index in [-0.39, 0.29) is 30.7 Å². The minimum Gasteiger partial charge on any atom is -0.469 e. The zero-order valence-corrected chi connectivity index (χ0v) is 12.5. The summed E-state index contributed by atoms with van der Waals surface area (Å²) in [6, 6.07) is 0. The van der Waals surface area contributed by atoms with Gasteiger partial charge >= 0.3 is 5.97 Å². The summed E-state index contributed by atoms with van der Waals surface area (Å²) < 4.78 is 4.55. The largest absolute Gasteiger partial charge is 0.469 e. The minimum atomic E-state index is -0.846. The van der Waals surface area contributed by atoms with Crippen LogP contribution >= 0.6 is 12.4 Å². The first kappa shape index (κ1) is 19.5. The number of rotatable bonds is 7. The van der Waals surface area contributed by atoms with E-state index in [4.69, 9.17) is 5.73 Å². The summed E-state index contributed by atoms with van der Waals surface area (Å²) in [6.45, 7) is 6.50. The van der Waals surface area contributed by atoms with E-state index in [0.29, 0.717) is 19.5 Å². The Morgan fingerprint density at radius 1 is 1.33 bits per heavy atom. The highest BCUT2D eigenvalue weighted by atomic mass is 35.5. The molecule has 0 saturated heterocycles. The smallest absolute Gasteiger partial charge is 0.307 e. The summed E-state index contributed by atoms with van der Waals surface area (Å²) in [5.74, 6) is -0.420. The van der Waals surface area contributed by atoms with Crippen molar-refractivity contribution in [1.82, 2.24) is 4.90 Å². The molecule has 0 fully saturated rings. The first-order valence-electron chi connectivity index (χ1n) is 6.04. The number of halogens is 1. The fourth-order valence-electron chi connectivity index (χ4n) is 1.72. The van der Waals surface area contributed by atoms with Crippen LogP contribution in [0.1, 0.15) is 40.0 Å². The molecule has 0 aromatic heterocycles. The van der Waals surface area contributed by atoms with Crippen LogP contribution in [0, 0.1) is 0 Å². The number of hydrogen-bond acceptors (Lipinski definition) is 4. The average molecular weight is 281 g/mol. The Labute approximate surface area is 115 Å². The van der Waals surface area contributed by atoms with Crippen molar-refractivity contribution >= 4 is 24.3 Å². The van der Waals surface area contributed by atoms with Gasteiger partial charge in [-0.2, -0.15) is 0 Å². The van der Waals surface area contributed by atoms with Crippen LogP contribution in [0.25, 0.3) is 0 Å². The molecule has 0 heterocycles. The summed E-state index contributed by atoms with van der Waals surface area (Å²) >= 11 is 0. The number of hydrogen-bond donors (Lipinski definition) is 1. The Hall–Kier alpha value is -0.810. The summed E-state index contributed by atoms with van der Waals surface area (Å²) in [5, 5.41) is 0. The van der Waals surface area contributed by atoms with Crippen molar-refractivity contribution in [2.75, 3.05) is 20.2 Å². The molecule has 0 aliphatic heterocycles. The van der Waals surface area contributed by atoms with Gasteiger partial charge < -0.3 is 15.4 Å². The molecule has 0 rings (SSSR count). The molecule has 1 amide bonds. The second-order valence-electron chi connectivity index (χ2n) is 4.38. The second-order valence-corrected chi connectivity index (χ2v) is 4.38.